The molecule has 0 spiro atoms. The molecule has 0 fully saturated rings. The summed E-state index contributed by atoms with van der Waals surface area (Å²) in [4.78, 5) is 13.6. The number of carboxylic acid groups (broad SMARTS) is 1. The van der Waals surface area contributed by atoms with Gasteiger partial charge in [0.2, 0.25) is 0 Å². The van der Waals surface area contributed by atoms with Gasteiger partial charge in [0.05, 0.1) is 5.41 Å². The minimum Gasteiger partial charge on any atom is -0.481 e. The highest BCUT2D eigenvalue weighted by molar-refractivity contribution is 9.10. The number of benzene rings is 1. The molecule has 4 heteroatoms. The Kier molecular flexibility index (Phi) is 6.01. The van der Waals surface area contributed by atoms with Gasteiger partial charge in [-0.05, 0) is 31.5 Å². The van der Waals surface area contributed by atoms with E-state index in [9.17, 15) is 9.90 Å². The molecule has 0 unspecified atom stereocenters. The Hall–Kier alpha value is -0.870. The first kappa shape index (κ1) is 16.2. The quantitative estimate of drug-likeness (QED) is 0.828. The van der Waals surface area contributed by atoms with Crippen molar-refractivity contribution in [3.8, 4) is 0 Å². The van der Waals surface area contributed by atoms with Gasteiger partial charge in [0.1, 0.15) is 0 Å². The van der Waals surface area contributed by atoms with E-state index in [0.717, 1.165) is 11.0 Å². The van der Waals surface area contributed by atoms with Crippen molar-refractivity contribution >= 4 is 21.9 Å². The van der Waals surface area contributed by atoms with Gasteiger partial charge in [-0.2, -0.15) is 0 Å². The Balaban J connectivity index is 2.76. The molecule has 106 valence electrons. The van der Waals surface area contributed by atoms with Crippen LogP contribution in [0.2, 0.25) is 0 Å². The highest BCUT2D eigenvalue weighted by Crippen LogP contribution is 2.28. The third-order valence-corrected chi connectivity index (χ3v) is 4.55. The first-order chi connectivity index (χ1) is 8.95. The number of hydrogen-bond acceptors (Lipinski definition) is 2. The van der Waals surface area contributed by atoms with E-state index in [0.29, 0.717) is 19.4 Å². The summed E-state index contributed by atoms with van der Waals surface area (Å²) in [5.74, 6) is -0.698. The maximum atomic E-state index is 11.5. The van der Waals surface area contributed by atoms with Gasteiger partial charge in [0.25, 0.3) is 0 Å². The number of carbonyl (C=O) groups is 1. The van der Waals surface area contributed by atoms with Crippen molar-refractivity contribution in [2.24, 2.45) is 5.41 Å². The Bertz CT molecular complexity index is 430. The molecule has 0 saturated heterocycles. The fourth-order valence-electron chi connectivity index (χ4n) is 2.33. The molecule has 0 heterocycles. The van der Waals surface area contributed by atoms with Gasteiger partial charge in [0.15, 0.2) is 0 Å². The highest BCUT2D eigenvalue weighted by atomic mass is 79.9. The summed E-state index contributed by atoms with van der Waals surface area (Å²) in [7, 11) is 1.97. The number of aliphatic carboxylic acids is 1. The molecule has 0 radical (unpaired) electrons. The molecule has 0 aliphatic rings. The van der Waals surface area contributed by atoms with E-state index < -0.39 is 11.4 Å². The van der Waals surface area contributed by atoms with Crippen LogP contribution in [0.3, 0.4) is 0 Å². The zero-order valence-electron chi connectivity index (χ0n) is 11.8. The van der Waals surface area contributed by atoms with Crippen LogP contribution in [0.25, 0.3) is 0 Å². The molecule has 0 aliphatic heterocycles. The minimum absolute atomic E-state index is 0.566. The van der Waals surface area contributed by atoms with Crippen molar-refractivity contribution < 1.29 is 9.90 Å². The van der Waals surface area contributed by atoms with Crippen molar-refractivity contribution in [3.63, 3.8) is 0 Å². The van der Waals surface area contributed by atoms with Crippen molar-refractivity contribution in [1.29, 1.82) is 0 Å². The lowest BCUT2D eigenvalue weighted by Gasteiger charge is -2.31. The largest absolute Gasteiger partial charge is 0.481 e. The molecule has 0 bridgehead atoms. The summed E-state index contributed by atoms with van der Waals surface area (Å²) in [6, 6.07) is 8.04. The topological polar surface area (TPSA) is 40.5 Å². The molecule has 19 heavy (non-hydrogen) atoms. The lowest BCUT2D eigenvalue weighted by molar-refractivity contribution is -0.150. The lowest BCUT2D eigenvalue weighted by atomic mass is 9.82. The predicted molar refractivity (Wildman–Crippen MR) is 81.1 cm³/mol. The number of carboxylic acids is 1. The number of hydrogen-bond donors (Lipinski definition) is 1. The van der Waals surface area contributed by atoms with Gasteiger partial charge in [-0.1, -0.05) is 48.0 Å². The number of nitrogens with zero attached hydrogens (tertiary/aromatic N) is 1. The third kappa shape index (κ3) is 4.05. The molecular weight excluding hydrogens is 306 g/mol. The van der Waals surface area contributed by atoms with Gasteiger partial charge < -0.3 is 10.0 Å². The first-order valence-corrected chi connectivity index (χ1v) is 7.40. The minimum atomic E-state index is -0.698. The standard InChI is InChI=1S/C15H22BrNO2/c1-4-15(5-2,14(18)19)11-17(3)10-12-8-6-7-9-13(12)16/h6-9H,4-5,10-11H2,1-3H3,(H,18,19). The van der Waals surface area contributed by atoms with Gasteiger partial charge in [-0.25, -0.2) is 0 Å². The Morgan fingerprint density at radius 2 is 1.89 bits per heavy atom. The third-order valence-electron chi connectivity index (χ3n) is 3.78. The molecule has 1 aromatic carbocycles. The van der Waals surface area contributed by atoms with E-state index in [1.54, 1.807) is 0 Å². The Morgan fingerprint density at radius 3 is 2.37 bits per heavy atom. The average Bonchev–Trinajstić information content (AvgIpc) is 2.38. The molecule has 1 rings (SSSR count). The second-order valence-electron chi connectivity index (χ2n) is 5.06. The zero-order valence-corrected chi connectivity index (χ0v) is 13.4. The molecule has 1 N–H and O–H groups in total. The predicted octanol–water partition coefficient (Wildman–Crippen LogP) is 3.77. The second-order valence-corrected chi connectivity index (χ2v) is 5.91. The van der Waals surface area contributed by atoms with Gasteiger partial charge >= 0.3 is 5.97 Å². The SMILES string of the molecule is CCC(CC)(CN(C)Cc1ccccc1Br)C(=O)O. The number of halogens is 1. The van der Waals surface area contributed by atoms with E-state index >= 15 is 0 Å². The average molecular weight is 328 g/mol. The van der Waals surface area contributed by atoms with E-state index in [1.807, 2.05) is 39.1 Å². The summed E-state index contributed by atoms with van der Waals surface area (Å²) in [6.07, 6.45) is 1.30. The van der Waals surface area contributed by atoms with E-state index in [1.165, 1.54) is 5.56 Å². The Morgan fingerprint density at radius 1 is 1.32 bits per heavy atom. The zero-order chi connectivity index (χ0) is 14.5. The van der Waals surface area contributed by atoms with E-state index in [2.05, 4.69) is 26.9 Å². The fourth-order valence-corrected chi connectivity index (χ4v) is 2.74. The summed E-state index contributed by atoms with van der Waals surface area (Å²) < 4.78 is 1.07. The monoisotopic (exact) mass is 327 g/mol. The van der Waals surface area contributed by atoms with Crippen LogP contribution in [0.1, 0.15) is 32.3 Å². The Labute approximate surface area is 123 Å². The molecular formula is C15H22BrNO2. The molecule has 0 amide bonds. The van der Waals surface area contributed by atoms with E-state index in [-0.39, 0.29) is 0 Å². The van der Waals surface area contributed by atoms with Gasteiger partial charge in [-0.3, -0.25) is 4.79 Å². The molecule has 0 saturated carbocycles. The molecule has 1 aromatic rings. The molecule has 0 atom stereocenters. The van der Waals surface area contributed by atoms with E-state index in [4.69, 9.17) is 0 Å². The second kappa shape index (κ2) is 7.06. The van der Waals surface area contributed by atoms with Crippen molar-refractivity contribution in [2.75, 3.05) is 13.6 Å². The van der Waals surface area contributed by atoms with Crippen LogP contribution in [-0.2, 0) is 11.3 Å². The summed E-state index contributed by atoms with van der Waals surface area (Å²) in [6.45, 7) is 5.21. The van der Waals surface area contributed by atoms with Crippen LogP contribution in [0.4, 0.5) is 0 Å². The normalized spacial score (nSPS) is 11.8. The van der Waals surface area contributed by atoms with Crippen LogP contribution < -0.4 is 0 Å². The van der Waals surface area contributed by atoms with Crippen LogP contribution in [0.5, 0.6) is 0 Å². The van der Waals surface area contributed by atoms with Gasteiger partial charge in [-0.15, -0.1) is 0 Å². The maximum absolute atomic E-state index is 11.5. The molecule has 0 aliphatic carbocycles. The van der Waals surface area contributed by atoms with Crippen LogP contribution in [0.15, 0.2) is 28.7 Å². The summed E-state index contributed by atoms with van der Waals surface area (Å²) in [5, 5.41) is 9.46. The van der Waals surface area contributed by atoms with Crippen molar-refractivity contribution in [1.82, 2.24) is 4.90 Å². The number of rotatable bonds is 7. The van der Waals surface area contributed by atoms with Crippen LogP contribution in [0, 0.1) is 5.41 Å². The van der Waals surface area contributed by atoms with Crippen LogP contribution in [-0.4, -0.2) is 29.6 Å². The van der Waals surface area contributed by atoms with Gasteiger partial charge in [0, 0.05) is 17.6 Å². The summed E-state index contributed by atoms with van der Waals surface area (Å²) >= 11 is 3.52. The molecule has 0 aromatic heterocycles. The highest BCUT2D eigenvalue weighted by Gasteiger charge is 2.35. The fraction of sp³-hybridized carbons (Fsp3) is 0.533. The van der Waals surface area contributed by atoms with Crippen molar-refractivity contribution in [3.05, 3.63) is 34.3 Å². The van der Waals surface area contributed by atoms with Crippen molar-refractivity contribution in [2.45, 2.75) is 33.2 Å². The first-order valence-electron chi connectivity index (χ1n) is 6.60. The smallest absolute Gasteiger partial charge is 0.310 e. The molecule has 3 nitrogen and oxygen atoms in total. The summed E-state index contributed by atoms with van der Waals surface area (Å²) in [5.41, 5.74) is 0.534. The maximum Gasteiger partial charge on any atom is 0.310 e. The van der Waals surface area contributed by atoms with Crippen LogP contribution >= 0.6 is 15.9 Å². The lowest BCUT2D eigenvalue weighted by Crippen LogP contribution is -2.40.